The molecule has 0 amide bonds. The number of nitrogens with one attached hydrogen (secondary N) is 1. The van der Waals surface area contributed by atoms with Gasteiger partial charge >= 0.3 is 5.97 Å². The zero-order chi connectivity index (χ0) is 17.5. The Balaban J connectivity index is 2.26. The zero-order valence-electron chi connectivity index (χ0n) is 13.4. The normalized spacial score (nSPS) is 11.4. The average Bonchev–Trinajstić information content (AvgIpc) is 2.62. The molecule has 2 aromatic rings. The summed E-state index contributed by atoms with van der Waals surface area (Å²) >= 11 is 6.02. The Labute approximate surface area is 145 Å². The van der Waals surface area contributed by atoms with Crippen molar-refractivity contribution in [2.45, 2.75) is 12.6 Å². The summed E-state index contributed by atoms with van der Waals surface area (Å²) in [6.07, 6.45) is 0. The number of esters is 1. The van der Waals surface area contributed by atoms with Crippen LogP contribution in [0.4, 0.5) is 0 Å². The number of benzene rings is 2. The first-order valence-electron chi connectivity index (χ1n) is 7.22. The third-order valence-electron chi connectivity index (χ3n) is 3.53. The molecule has 0 radical (unpaired) electrons. The van der Waals surface area contributed by atoms with Gasteiger partial charge in [-0.3, -0.25) is 5.32 Å². The lowest BCUT2D eigenvalue weighted by atomic mass is 10.0. The van der Waals surface area contributed by atoms with Gasteiger partial charge in [0, 0.05) is 17.1 Å². The van der Waals surface area contributed by atoms with Crippen molar-refractivity contribution in [2.24, 2.45) is 0 Å². The minimum Gasteiger partial charge on any atom is -0.496 e. The number of methoxy groups -OCH3 is 2. The van der Waals surface area contributed by atoms with E-state index < -0.39 is 12.0 Å². The van der Waals surface area contributed by atoms with Crippen LogP contribution in [0.15, 0.2) is 42.5 Å². The summed E-state index contributed by atoms with van der Waals surface area (Å²) in [6.45, 7) is 0.348. The van der Waals surface area contributed by atoms with Gasteiger partial charge in [-0.15, -0.1) is 0 Å². The van der Waals surface area contributed by atoms with E-state index in [2.05, 4.69) is 11.4 Å². The highest BCUT2D eigenvalue weighted by Crippen LogP contribution is 2.24. The molecule has 5 nitrogen and oxygen atoms in total. The molecule has 0 fully saturated rings. The van der Waals surface area contributed by atoms with E-state index >= 15 is 0 Å². The highest BCUT2D eigenvalue weighted by atomic mass is 35.5. The van der Waals surface area contributed by atoms with Crippen molar-refractivity contribution < 1.29 is 14.3 Å². The molecule has 0 aromatic heterocycles. The van der Waals surface area contributed by atoms with E-state index in [1.807, 2.05) is 0 Å². The molecule has 2 rings (SSSR count). The van der Waals surface area contributed by atoms with Gasteiger partial charge in [0.15, 0.2) is 0 Å². The van der Waals surface area contributed by atoms with Gasteiger partial charge in [-0.2, -0.15) is 5.26 Å². The topological polar surface area (TPSA) is 71.3 Å². The summed E-state index contributed by atoms with van der Waals surface area (Å²) in [4.78, 5) is 12.1. The highest BCUT2D eigenvalue weighted by Gasteiger charge is 2.21. The van der Waals surface area contributed by atoms with Crippen molar-refractivity contribution >= 4 is 17.6 Å². The second kappa shape index (κ2) is 8.34. The van der Waals surface area contributed by atoms with Gasteiger partial charge in [0.05, 0.1) is 25.9 Å². The number of hydrogen-bond acceptors (Lipinski definition) is 5. The van der Waals surface area contributed by atoms with Crippen molar-refractivity contribution in [3.05, 3.63) is 64.2 Å². The molecule has 1 N–H and O–H groups in total. The van der Waals surface area contributed by atoms with Gasteiger partial charge in [0.1, 0.15) is 11.8 Å². The van der Waals surface area contributed by atoms with Crippen LogP contribution in [0, 0.1) is 11.3 Å². The van der Waals surface area contributed by atoms with Crippen LogP contribution in [-0.2, 0) is 16.1 Å². The molecule has 0 saturated heterocycles. The summed E-state index contributed by atoms with van der Waals surface area (Å²) in [5, 5.41) is 12.7. The fourth-order valence-corrected chi connectivity index (χ4v) is 2.53. The lowest BCUT2D eigenvalue weighted by molar-refractivity contribution is -0.143. The van der Waals surface area contributed by atoms with Crippen molar-refractivity contribution in [3.8, 4) is 11.8 Å². The maximum absolute atomic E-state index is 12.1. The molecule has 1 atom stereocenters. The quantitative estimate of drug-likeness (QED) is 0.815. The second-order valence-electron chi connectivity index (χ2n) is 5.03. The predicted molar refractivity (Wildman–Crippen MR) is 90.8 cm³/mol. The van der Waals surface area contributed by atoms with Crippen LogP contribution in [-0.4, -0.2) is 20.2 Å². The van der Waals surface area contributed by atoms with Gasteiger partial charge in [-0.25, -0.2) is 4.79 Å². The highest BCUT2D eigenvalue weighted by molar-refractivity contribution is 6.30. The predicted octanol–water partition coefficient (Wildman–Crippen LogP) is 3.22. The van der Waals surface area contributed by atoms with Gasteiger partial charge in [0.2, 0.25) is 0 Å². The Morgan fingerprint density at radius 3 is 2.75 bits per heavy atom. The van der Waals surface area contributed by atoms with Crippen molar-refractivity contribution in [1.29, 1.82) is 5.26 Å². The monoisotopic (exact) mass is 344 g/mol. The Morgan fingerprint density at radius 1 is 1.29 bits per heavy atom. The Morgan fingerprint density at radius 2 is 2.08 bits per heavy atom. The smallest absolute Gasteiger partial charge is 0.327 e. The fourth-order valence-electron chi connectivity index (χ4n) is 2.34. The summed E-state index contributed by atoms with van der Waals surface area (Å²) in [7, 11) is 2.89. The summed E-state index contributed by atoms with van der Waals surface area (Å²) in [6, 6.07) is 13.5. The number of hydrogen-bond donors (Lipinski definition) is 1. The Kier molecular flexibility index (Phi) is 6.19. The number of nitriles is 1. The molecule has 0 aliphatic rings. The van der Waals surface area contributed by atoms with Gasteiger partial charge in [-0.1, -0.05) is 23.7 Å². The lowest BCUT2D eigenvalue weighted by Gasteiger charge is -2.18. The standard InChI is InChI=1S/C18H17ClN2O3/c1-23-16-7-6-15(19)9-14(16)11-21-17(18(22)24-2)13-5-3-4-12(8-13)10-20/h3-9,17,21H,11H2,1-2H3/t17-/m0/s1. The van der Waals surface area contributed by atoms with Crippen molar-refractivity contribution in [1.82, 2.24) is 5.32 Å². The molecule has 2 aromatic carbocycles. The van der Waals surface area contributed by atoms with Crippen LogP contribution in [0.2, 0.25) is 5.02 Å². The fraction of sp³-hybridized carbons (Fsp3) is 0.222. The summed E-state index contributed by atoms with van der Waals surface area (Å²) < 4.78 is 10.2. The van der Waals surface area contributed by atoms with Crippen LogP contribution in [0.1, 0.15) is 22.7 Å². The molecule has 0 aliphatic heterocycles. The van der Waals surface area contributed by atoms with E-state index in [0.717, 1.165) is 5.56 Å². The number of nitrogens with zero attached hydrogens (tertiary/aromatic N) is 1. The first-order valence-corrected chi connectivity index (χ1v) is 7.60. The molecule has 0 unspecified atom stereocenters. The molecule has 6 heteroatoms. The molecule has 124 valence electrons. The van der Waals surface area contributed by atoms with Crippen LogP contribution in [0.3, 0.4) is 0 Å². The largest absolute Gasteiger partial charge is 0.496 e. The van der Waals surface area contributed by atoms with E-state index in [0.29, 0.717) is 28.4 Å². The maximum Gasteiger partial charge on any atom is 0.327 e. The van der Waals surface area contributed by atoms with Gasteiger partial charge in [0.25, 0.3) is 0 Å². The van der Waals surface area contributed by atoms with Crippen LogP contribution in [0.25, 0.3) is 0 Å². The molecule has 0 heterocycles. The van der Waals surface area contributed by atoms with E-state index in [4.69, 9.17) is 26.3 Å². The van der Waals surface area contributed by atoms with Crippen LogP contribution in [0.5, 0.6) is 5.75 Å². The number of halogens is 1. The SMILES string of the molecule is COC(=O)[C@@H](NCc1cc(Cl)ccc1OC)c1cccc(C#N)c1. The first kappa shape index (κ1) is 17.8. The number of rotatable bonds is 6. The molecule has 0 aliphatic carbocycles. The number of carbonyl (C=O) groups excluding carboxylic acids is 1. The van der Waals surface area contributed by atoms with Gasteiger partial charge < -0.3 is 9.47 Å². The number of ether oxygens (including phenoxy) is 2. The maximum atomic E-state index is 12.1. The van der Waals surface area contributed by atoms with Crippen molar-refractivity contribution in [2.75, 3.05) is 14.2 Å². The molecule has 24 heavy (non-hydrogen) atoms. The number of carbonyl (C=O) groups is 1. The summed E-state index contributed by atoms with van der Waals surface area (Å²) in [5.74, 6) is 0.229. The molecule has 0 bridgehead atoms. The van der Waals surface area contributed by atoms with Crippen LogP contribution >= 0.6 is 11.6 Å². The second-order valence-corrected chi connectivity index (χ2v) is 5.47. The Hall–Kier alpha value is -2.55. The minimum atomic E-state index is -0.702. The molecular formula is C18H17ClN2O3. The minimum absolute atomic E-state index is 0.348. The third-order valence-corrected chi connectivity index (χ3v) is 3.76. The molecule has 0 spiro atoms. The van der Waals surface area contributed by atoms with E-state index in [1.54, 1.807) is 49.6 Å². The van der Waals surface area contributed by atoms with E-state index in [9.17, 15) is 4.79 Å². The van der Waals surface area contributed by atoms with Crippen molar-refractivity contribution in [3.63, 3.8) is 0 Å². The average molecular weight is 345 g/mol. The van der Waals surface area contributed by atoms with Crippen LogP contribution < -0.4 is 10.1 Å². The molecule has 0 saturated carbocycles. The third kappa shape index (κ3) is 4.25. The van der Waals surface area contributed by atoms with E-state index in [-0.39, 0.29) is 0 Å². The van der Waals surface area contributed by atoms with Gasteiger partial charge in [-0.05, 0) is 35.9 Å². The lowest BCUT2D eigenvalue weighted by Crippen LogP contribution is -2.29. The van der Waals surface area contributed by atoms with E-state index in [1.165, 1.54) is 7.11 Å². The molecular weight excluding hydrogens is 328 g/mol. The first-order chi connectivity index (χ1) is 11.6. The Bertz CT molecular complexity index is 771. The summed E-state index contributed by atoms with van der Waals surface area (Å²) in [5.41, 5.74) is 1.95. The zero-order valence-corrected chi connectivity index (χ0v) is 14.1.